The van der Waals surface area contributed by atoms with E-state index in [2.05, 4.69) is 27.9 Å². The minimum atomic E-state index is -0.595. The van der Waals surface area contributed by atoms with Gasteiger partial charge in [-0.2, -0.15) is 0 Å². The number of esters is 1. The van der Waals surface area contributed by atoms with Gasteiger partial charge in [0.05, 0.1) is 36.2 Å². The Kier molecular flexibility index (Phi) is 5.31. The average molecular weight is 517 g/mol. The summed E-state index contributed by atoms with van der Waals surface area (Å²) in [6.45, 7) is 1.82. The van der Waals surface area contributed by atoms with E-state index in [1.807, 2.05) is 37.3 Å². The van der Waals surface area contributed by atoms with Crippen LogP contribution in [0.1, 0.15) is 34.3 Å². The van der Waals surface area contributed by atoms with Crippen molar-refractivity contribution in [1.82, 2.24) is 5.32 Å². The third kappa shape index (κ3) is 2.99. The number of dihydropyridines is 1. The van der Waals surface area contributed by atoms with E-state index >= 15 is 0 Å². The Labute approximate surface area is 188 Å². The van der Waals surface area contributed by atoms with Crippen molar-refractivity contribution in [2.45, 2.75) is 12.8 Å². The number of ether oxygens (including phenoxy) is 3. The first-order valence-electron chi connectivity index (χ1n) is 9.28. The van der Waals surface area contributed by atoms with Crippen LogP contribution in [0.15, 0.2) is 53.2 Å². The van der Waals surface area contributed by atoms with Crippen LogP contribution in [0.4, 0.5) is 0 Å². The van der Waals surface area contributed by atoms with Crippen LogP contribution in [-0.4, -0.2) is 33.1 Å². The number of hydrogen-bond donors (Lipinski definition) is 1. The summed E-state index contributed by atoms with van der Waals surface area (Å²) in [5, 5.41) is 3.28. The van der Waals surface area contributed by atoms with Crippen LogP contribution in [-0.2, 0) is 9.53 Å². The smallest absolute Gasteiger partial charge is 0.336 e. The molecule has 2 aliphatic rings. The van der Waals surface area contributed by atoms with Gasteiger partial charge in [-0.1, -0.05) is 24.3 Å². The number of carbonyl (C=O) groups excluding carboxylic acids is 2. The van der Waals surface area contributed by atoms with Gasteiger partial charge in [0.25, 0.3) is 0 Å². The van der Waals surface area contributed by atoms with Crippen molar-refractivity contribution in [2.24, 2.45) is 0 Å². The minimum absolute atomic E-state index is 0.100. The normalized spacial score (nSPS) is 17.4. The zero-order chi connectivity index (χ0) is 21.6. The van der Waals surface area contributed by atoms with Crippen LogP contribution in [0.25, 0.3) is 5.70 Å². The van der Waals surface area contributed by atoms with Gasteiger partial charge in [-0.25, -0.2) is 4.79 Å². The van der Waals surface area contributed by atoms with E-state index < -0.39 is 11.9 Å². The van der Waals surface area contributed by atoms with Gasteiger partial charge >= 0.3 is 5.97 Å². The van der Waals surface area contributed by atoms with Crippen molar-refractivity contribution >= 4 is 40.0 Å². The highest BCUT2D eigenvalue weighted by Crippen LogP contribution is 2.48. The van der Waals surface area contributed by atoms with Gasteiger partial charge < -0.3 is 19.5 Å². The summed E-state index contributed by atoms with van der Waals surface area (Å²) >= 11 is 2.16. The number of hydrogen-bond acceptors (Lipinski definition) is 6. The number of ketones is 1. The summed E-state index contributed by atoms with van der Waals surface area (Å²) in [6, 6.07) is 11.2. The number of fused-ring (bicyclic) bond motifs is 2. The molecular formula is C23H20INO5. The van der Waals surface area contributed by atoms with Crippen LogP contribution in [0.2, 0.25) is 0 Å². The summed E-state index contributed by atoms with van der Waals surface area (Å²) in [5.74, 6) is -0.0416. The van der Waals surface area contributed by atoms with E-state index in [9.17, 15) is 9.59 Å². The molecule has 0 unspecified atom stereocenters. The molecule has 1 atom stereocenters. The molecule has 0 amide bonds. The van der Waals surface area contributed by atoms with Gasteiger partial charge in [0.15, 0.2) is 17.3 Å². The molecule has 0 saturated carbocycles. The summed E-state index contributed by atoms with van der Waals surface area (Å²) in [5.41, 5.74) is 4.53. The highest BCUT2D eigenvalue weighted by atomic mass is 127. The molecule has 0 aromatic heterocycles. The molecule has 1 aliphatic carbocycles. The lowest BCUT2D eigenvalue weighted by molar-refractivity contribution is -0.136. The SMILES string of the molecule is COC(=O)C1=C(C)NC2=C(C(=O)c3ccccc32)[C@H]1c1cc(I)c(OC)c(OC)c1. The largest absolute Gasteiger partial charge is 0.493 e. The Morgan fingerprint density at radius 1 is 1.07 bits per heavy atom. The fraction of sp³-hybridized carbons (Fsp3) is 0.217. The summed E-state index contributed by atoms with van der Waals surface area (Å²) < 4.78 is 16.9. The van der Waals surface area contributed by atoms with Gasteiger partial charge in [-0.15, -0.1) is 0 Å². The van der Waals surface area contributed by atoms with Gasteiger partial charge in [-0.05, 0) is 47.2 Å². The third-order valence-corrected chi connectivity index (χ3v) is 6.24. The third-order valence-electron chi connectivity index (χ3n) is 5.44. The average Bonchev–Trinajstić information content (AvgIpc) is 3.03. The van der Waals surface area contributed by atoms with Crippen LogP contribution in [0, 0.1) is 3.57 Å². The Balaban J connectivity index is 1.99. The number of nitrogens with one attached hydrogen (secondary N) is 1. The highest BCUT2D eigenvalue weighted by Gasteiger charge is 2.43. The zero-order valence-electron chi connectivity index (χ0n) is 17.0. The zero-order valence-corrected chi connectivity index (χ0v) is 19.1. The van der Waals surface area contributed by atoms with Gasteiger partial charge in [0.2, 0.25) is 0 Å². The monoisotopic (exact) mass is 517 g/mol. The predicted molar refractivity (Wildman–Crippen MR) is 121 cm³/mol. The summed E-state index contributed by atoms with van der Waals surface area (Å²) in [4.78, 5) is 26.2. The molecule has 1 heterocycles. The molecule has 1 aliphatic heterocycles. The predicted octanol–water partition coefficient (Wildman–Crippen LogP) is 4.05. The van der Waals surface area contributed by atoms with Gasteiger partial charge in [-0.3, -0.25) is 4.79 Å². The van der Waals surface area contributed by atoms with Crippen LogP contribution in [0.5, 0.6) is 11.5 Å². The number of Topliss-reactive ketones (excluding diaryl/α,β-unsaturated/α-hetero) is 1. The Hall–Kier alpha value is -2.81. The fourth-order valence-electron chi connectivity index (χ4n) is 4.15. The maximum atomic E-state index is 13.4. The van der Waals surface area contributed by atoms with Crippen LogP contribution in [0.3, 0.4) is 0 Å². The summed E-state index contributed by atoms with van der Waals surface area (Å²) in [6.07, 6.45) is 0. The Morgan fingerprint density at radius 3 is 2.40 bits per heavy atom. The van der Waals surface area contributed by atoms with Gasteiger partial charge in [0.1, 0.15) is 0 Å². The second-order valence-electron chi connectivity index (χ2n) is 6.99. The molecule has 2 aromatic carbocycles. The molecule has 6 nitrogen and oxygen atoms in total. The Morgan fingerprint density at radius 2 is 1.77 bits per heavy atom. The number of carbonyl (C=O) groups is 2. The second kappa shape index (κ2) is 7.79. The number of halogens is 1. The maximum Gasteiger partial charge on any atom is 0.336 e. The van der Waals surface area contributed by atoms with E-state index in [0.29, 0.717) is 33.9 Å². The lowest BCUT2D eigenvalue weighted by atomic mass is 9.79. The lowest BCUT2D eigenvalue weighted by Crippen LogP contribution is -2.29. The van der Waals surface area contributed by atoms with Crippen LogP contribution >= 0.6 is 22.6 Å². The topological polar surface area (TPSA) is 73.9 Å². The molecule has 2 aromatic rings. The first-order chi connectivity index (χ1) is 14.4. The number of rotatable bonds is 4. The molecule has 0 spiro atoms. The molecule has 4 rings (SSSR count). The van der Waals surface area contributed by atoms with Crippen molar-refractivity contribution < 1.29 is 23.8 Å². The molecule has 7 heteroatoms. The van der Waals surface area contributed by atoms with E-state index in [-0.39, 0.29) is 5.78 Å². The molecule has 0 fully saturated rings. The van der Waals surface area contributed by atoms with Crippen molar-refractivity contribution in [3.05, 3.63) is 73.5 Å². The summed E-state index contributed by atoms with van der Waals surface area (Å²) in [7, 11) is 4.47. The first-order valence-corrected chi connectivity index (χ1v) is 10.4. The first kappa shape index (κ1) is 20.5. The molecule has 0 saturated heterocycles. The highest BCUT2D eigenvalue weighted by molar-refractivity contribution is 14.1. The quantitative estimate of drug-likeness (QED) is 0.488. The molecule has 30 heavy (non-hydrogen) atoms. The fourth-order valence-corrected chi connectivity index (χ4v) is 4.99. The van der Waals surface area contributed by atoms with Crippen molar-refractivity contribution in [3.8, 4) is 11.5 Å². The Bertz CT molecular complexity index is 1150. The molecule has 0 bridgehead atoms. The lowest BCUT2D eigenvalue weighted by Gasteiger charge is -2.29. The molecule has 154 valence electrons. The standard InChI is InChI=1S/C23H20INO5/c1-11-17(23(27)30-4)18(12-9-15(24)22(29-3)16(10-12)28-2)19-20(25-11)13-7-5-6-8-14(13)21(19)26/h5-10,18,25H,1-4H3/t18-/m0/s1. The molecule has 0 radical (unpaired) electrons. The minimum Gasteiger partial charge on any atom is -0.493 e. The number of benzene rings is 2. The second-order valence-corrected chi connectivity index (χ2v) is 8.15. The maximum absolute atomic E-state index is 13.4. The number of methoxy groups -OCH3 is 3. The van der Waals surface area contributed by atoms with E-state index in [1.54, 1.807) is 20.3 Å². The van der Waals surface area contributed by atoms with Crippen molar-refractivity contribution in [2.75, 3.05) is 21.3 Å². The number of allylic oxidation sites excluding steroid dienone is 2. The van der Waals surface area contributed by atoms with E-state index in [0.717, 1.165) is 20.4 Å². The van der Waals surface area contributed by atoms with Crippen molar-refractivity contribution in [1.29, 1.82) is 0 Å². The molecule has 1 N–H and O–H groups in total. The van der Waals surface area contributed by atoms with Crippen molar-refractivity contribution in [3.63, 3.8) is 0 Å². The molecular weight excluding hydrogens is 497 g/mol. The van der Waals surface area contributed by atoms with Crippen LogP contribution < -0.4 is 14.8 Å². The van der Waals surface area contributed by atoms with E-state index in [4.69, 9.17) is 14.2 Å². The van der Waals surface area contributed by atoms with E-state index in [1.165, 1.54) is 7.11 Å². The van der Waals surface area contributed by atoms with Gasteiger partial charge in [0, 0.05) is 28.3 Å².